The van der Waals surface area contributed by atoms with Crippen LogP contribution in [0.15, 0.2) is 35.4 Å². The number of hydrogen-bond acceptors (Lipinski definition) is 6. The van der Waals surface area contributed by atoms with E-state index in [1.54, 1.807) is 30.3 Å². The van der Waals surface area contributed by atoms with Crippen LogP contribution < -0.4 is 24.4 Å². The molecule has 0 aromatic heterocycles. The molecule has 3 rings (SSSR count). The van der Waals surface area contributed by atoms with E-state index >= 15 is 0 Å². The molecule has 130 valence electrons. The Balaban J connectivity index is 1.73. The topological polar surface area (TPSA) is 78.4 Å². The molecule has 0 aliphatic carbocycles. The number of ether oxygens (including phenoxy) is 4. The molecule has 0 fully saturated rings. The summed E-state index contributed by atoms with van der Waals surface area (Å²) in [4.78, 5) is 12.2. The standard InChI is InChI=1S/C17H15ClN2O5/c1-22-12-3-10(4-13(6-12)23-2)17(21)20-19-8-11-5-15-16(7-14(11)18)25-9-24-15/h3-8H,9H2,1-2H3,(H,20,21)/b19-8-. The van der Waals surface area contributed by atoms with Gasteiger partial charge in [-0.2, -0.15) is 5.10 Å². The molecule has 1 aliphatic rings. The largest absolute Gasteiger partial charge is 0.497 e. The van der Waals surface area contributed by atoms with E-state index in [0.717, 1.165) is 0 Å². The highest BCUT2D eigenvalue weighted by Gasteiger charge is 2.16. The average Bonchev–Trinajstić information content (AvgIpc) is 3.08. The van der Waals surface area contributed by atoms with Crippen molar-refractivity contribution < 1.29 is 23.7 Å². The Morgan fingerprint density at radius 2 is 1.76 bits per heavy atom. The van der Waals surface area contributed by atoms with Gasteiger partial charge in [0.2, 0.25) is 6.79 Å². The SMILES string of the molecule is COc1cc(OC)cc(C(=O)N/N=C\c2cc3c(cc2Cl)OCO3)c1. The maximum Gasteiger partial charge on any atom is 0.271 e. The van der Waals surface area contributed by atoms with E-state index < -0.39 is 5.91 Å². The third-order valence-corrected chi connectivity index (χ3v) is 3.80. The van der Waals surface area contributed by atoms with Crippen molar-refractivity contribution in [2.24, 2.45) is 5.10 Å². The zero-order valence-corrected chi connectivity index (χ0v) is 14.3. The lowest BCUT2D eigenvalue weighted by Crippen LogP contribution is -2.17. The van der Waals surface area contributed by atoms with Crippen molar-refractivity contribution in [2.45, 2.75) is 0 Å². The van der Waals surface area contributed by atoms with Crippen LogP contribution in [-0.4, -0.2) is 33.1 Å². The van der Waals surface area contributed by atoms with E-state index in [4.69, 9.17) is 30.5 Å². The highest BCUT2D eigenvalue weighted by molar-refractivity contribution is 6.33. The minimum atomic E-state index is -0.412. The Morgan fingerprint density at radius 3 is 2.40 bits per heavy atom. The summed E-state index contributed by atoms with van der Waals surface area (Å²) in [5.41, 5.74) is 3.38. The van der Waals surface area contributed by atoms with E-state index in [0.29, 0.717) is 39.1 Å². The summed E-state index contributed by atoms with van der Waals surface area (Å²) in [7, 11) is 3.02. The highest BCUT2D eigenvalue weighted by Crippen LogP contribution is 2.36. The van der Waals surface area contributed by atoms with Crippen LogP contribution in [0.4, 0.5) is 0 Å². The number of rotatable bonds is 5. The van der Waals surface area contributed by atoms with Gasteiger partial charge in [-0.3, -0.25) is 4.79 Å². The van der Waals surface area contributed by atoms with Crippen LogP contribution >= 0.6 is 11.6 Å². The second-order valence-electron chi connectivity index (χ2n) is 5.03. The molecule has 1 heterocycles. The zero-order chi connectivity index (χ0) is 17.8. The molecular formula is C17H15ClN2O5. The van der Waals surface area contributed by atoms with Crippen molar-refractivity contribution in [3.8, 4) is 23.0 Å². The minimum Gasteiger partial charge on any atom is -0.497 e. The number of fused-ring (bicyclic) bond motifs is 1. The molecule has 1 amide bonds. The molecule has 1 aliphatic heterocycles. The first-order chi connectivity index (χ1) is 12.1. The first kappa shape index (κ1) is 16.9. The maximum absolute atomic E-state index is 12.2. The average molecular weight is 363 g/mol. The van der Waals surface area contributed by atoms with Crippen LogP contribution in [0.25, 0.3) is 0 Å². The van der Waals surface area contributed by atoms with E-state index in [9.17, 15) is 4.79 Å². The molecule has 2 aromatic carbocycles. The van der Waals surface area contributed by atoms with Gasteiger partial charge in [-0.1, -0.05) is 11.6 Å². The van der Waals surface area contributed by atoms with Gasteiger partial charge in [0, 0.05) is 23.3 Å². The van der Waals surface area contributed by atoms with E-state index in [-0.39, 0.29) is 6.79 Å². The van der Waals surface area contributed by atoms with Gasteiger partial charge in [-0.25, -0.2) is 5.43 Å². The molecular weight excluding hydrogens is 348 g/mol. The Hall–Kier alpha value is -2.93. The smallest absolute Gasteiger partial charge is 0.271 e. The summed E-state index contributed by atoms with van der Waals surface area (Å²) in [6.45, 7) is 0.153. The number of hydrazone groups is 1. The second kappa shape index (κ2) is 7.31. The van der Waals surface area contributed by atoms with Crippen LogP contribution in [0.1, 0.15) is 15.9 Å². The lowest BCUT2D eigenvalue weighted by Gasteiger charge is -2.07. The van der Waals surface area contributed by atoms with E-state index in [2.05, 4.69) is 10.5 Å². The number of benzene rings is 2. The molecule has 7 nitrogen and oxygen atoms in total. The Labute approximate surface area is 149 Å². The summed E-state index contributed by atoms with van der Waals surface area (Å²) in [5, 5.41) is 4.36. The van der Waals surface area contributed by atoms with Crippen molar-refractivity contribution >= 4 is 23.7 Å². The second-order valence-corrected chi connectivity index (χ2v) is 5.43. The summed E-state index contributed by atoms with van der Waals surface area (Å²) in [6.07, 6.45) is 1.43. The number of amides is 1. The molecule has 25 heavy (non-hydrogen) atoms. The summed E-state index contributed by atoms with van der Waals surface area (Å²) < 4.78 is 20.8. The van der Waals surface area contributed by atoms with Gasteiger partial charge in [0.05, 0.1) is 25.5 Å². The summed E-state index contributed by atoms with van der Waals surface area (Å²) in [6, 6.07) is 8.17. The fourth-order valence-corrected chi connectivity index (χ4v) is 2.40. The van der Waals surface area contributed by atoms with Crippen molar-refractivity contribution in [1.29, 1.82) is 0 Å². The summed E-state index contributed by atoms with van der Waals surface area (Å²) in [5.74, 6) is 1.76. The fourth-order valence-electron chi connectivity index (χ4n) is 2.20. The first-order valence-electron chi connectivity index (χ1n) is 7.26. The third-order valence-electron chi connectivity index (χ3n) is 3.48. The van der Waals surface area contributed by atoms with E-state index in [1.165, 1.54) is 20.4 Å². The highest BCUT2D eigenvalue weighted by atomic mass is 35.5. The van der Waals surface area contributed by atoms with Gasteiger partial charge < -0.3 is 18.9 Å². The Bertz CT molecular complexity index is 816. The Morgan fingerprint density at radius 1 is 1.12 bits per heavy atom. The lowest BCUT2D eigenvalue weighted by atomic mass is 10.2. The van der Waals surface area contributed by atoms with Crippen LogP contribution in [0, 0.1) is 0 Å². The number of nitrogens with one attached hydrogen (secondary N) is 1. The van der Waals surface area contributed by atoms with E-state index in [1.807, 2.05) is 0 Å². The van der Waals surface area contributed by atoms with Crippen molar-refractivity contribution in [2.75, 3.05) is 21.0 Å². The molecule has 0 saturated carbocycles. The van der Waals surface area contributed by atoms with Gasteiger partial charge in [-0.05, 0) is 18.2 Å². The number of carbonyl (C=O) groups excluding carboxylic acids is 1. The van der Waals surface area contributed by atoms with Crippen molar-refractivity contribution in [3.63, 3.8) is 0 Å². The predicted octanol–water partition coefficient (Wildman–Crippen LogP) is 2.85. The molecule has 0 radical (unpaired) electrons. The van der Waals surface area contributed by atoms with Gasteiger partial charge in [0.1, 0.15) is 11.5 Å². The minimum absolute atomic E-state index is 0.153. The fraction of sp³-hybridized carbons (Fsp3) is 0.176. The number of methoxy groups -OCH3 is 2. The van der Waals surface area contributed by atoms with Crippen molar-refractivity contribution in [3.05, 3.63) is 46.5 Å². The normalized spacial score (nSPS) is 12.3. The molecule has 0 atom stereocenters. The van der Waals surface area contributed by atoms with Gasteiger partial charge >= 0.3 is 0 Å². The Kier molecular flexibility index (Phi) is 4.95. The van der Waals surface area contributed by atoms with Gasteiger partial charge in [0.25, 0.3) is 5.91 Å². The van der Waals surface area contributed by atoms with Gasteiger partial charge in [-0.15, -0.1) is 0 Å². The maximum atomic E-state index is 12.2. The molecule has 0 spiro atoms. The number of nitrogens with zero attached hydrogens (tertiary/aromatic N) is 1. The molecule has 0 unspecified atom stereocenters. The molecule has 0 bridgehead atoms. The molecule has 2 aromatic rings. The van der Waals surface area contributed by atoms with Crippen LogP contribution in [0.2, 0.25) is 5.02 Å². The van der Waals surface area contributed by atoms with Crippen molar-refractivity contribution in [1.82, 2.24) is 5.43 Å². The van der Waals surface area contributed by atoms with Crippen LogP contribution in [0.3, 0.4) is 0 Å². The number of halogens is 1. The molecule has 0 saturated heterocycles. The zero-order valence-electron chi connectivity index (χ0n) is 13.5. The van der Waals surface area contributed by atoms with Crippen LogP contribution in [0.5, 0.6) is 23.0 Å². The molecule has 1 N–H and O–H groups in total. The third kappa shape index (κ3) is 3.77. The quantitative estimate of drug-likeness (QED) is 0.653. The monoisotopic (exact) mass is 362 g/mol. The first-order valence-corrected chi connectivity index (χ1v) is 7.64. The lowest BCUT2D eigenvalue weighted by molar-refractivity contribution is 0.0954. The number of carbonyl (C=O) groups is 1. The molecule has 8 heteroatoms. The summed E-state index contributed by atoms with van der Waals surface area (Å²) >= 11 is 6.15. The number of hydrogen-bond donors (Lipinski definition) is 1. The predicted molar refractivity (Wildman–Crippen MR) is 92.2 cm³/mol. The van der Waals surface area contributed by atoms with Crippen LogP contribution in [-0.2, 0) is 0 Å². The van der Waals surface area contributed by atoms with Gasteiger partial charge in [0.15, 0.2) is 11.5 Å².